The quantitative estimate of drug-likeness (QED) is 0.0967. The maximum Gasteiger partial charge on any atom is 0.337 e. The summed E-state index contributed by atoms with van der Waals surface area (Å²) >= 11 is 5.91. The summed E-state index contributed by atoms with van der Waals surface area (Å²) in [6, 6.07) is 18.6. The molecule has 0 aliphatic carbocycles. The molecule has 12 heteroatoms. The Morgan fingerprint density at radius 1 is 1.07 bits per heavy atom. The summed E-state index contributed by atoms with van der Waals surface area (Å²) in [5, 5.41) is 20.4. The Bertz CT molecular complexity index is 1480. The van der Waals surface area contributed by atoms with Gasteiger partial charge < -0.3 is 34.7 Å². The average molecular weight is 609 g/mol. The Morgan fingerprint density at radius 2 is 1.81 bits per heavy atom. The van der Waals surface area contributed by atoms with Gasteiger partial charge in [-0.15, -0.1) is 0 Å². The number of benzene rings is 3. The minimum atomic E-state index is -1.12. The number of hydrogen-bond acceptors (Lipinski definition) is 9. The molecule has 0 unspecified atom stereocenters. The van der Waals surface area contributed by atoms with Crippen molar-refractivity contribution in [3.8, 4) is 17.2 Å². The van der Waals surface area contributed by atoms with E-state index in [1.165, 1.54) is 7.11 Å². The lowest BCUT2D eigenvalue weighted by Gasteiger charge is -2.28. The number of aliphatic hydroxyl groups is 1. The van der Waals surface area contributed by atoms with Gasteiger partial charge in [-0.05, 0) is 79.1 Å². The first-order valence-corrected chi connectivity index (χ1v) is 13.8. The Kier molecular flexibility index (Phi) is 10.8. The molecule has 0 radical (unpaired) electrons. The molecule has 4 N–H and O–H groups in total. The summed E-state index contributed by atoms with van der Waals surface area (Å²) in [4.78, 5) is 24.5. The SMILES string of the molecule is CCOc1cc([C@@H]2NC(=O)NC(C)=C2C(=O)OC)ccc1OC[C@@H](O)N/N=C\c1ccc(OCc2ccc(Cl)cc2)cc1. The van der Waals surface area contributed by atoms with Gasteiger partial charge in [0.05, 0.1) is 31.5 Å². The number of carbonyl (C=O) groups is 2. The van der Waals surface area contributed by atoms with Gasteiger partial charge in [-0.3, -0.25) is 5.43 Å². The molecule has 0 saturated carbocycles. The molecular formula is C31H33ClN4O7. The van der Waals surface area contributed by atoms with Crippen molar-refractivity contribution in [2.75, 3.05) is 20.3 Å². The molecule has 0 fully saturated rings. The van der Waals surface area contributed by atoms with Gasteiger partial charge in [0.2, 0.25) is 0 Å². The van der Waals surface area contributed by atoms with E-state index < -0.39 is 24.3 Å². The second kappa shape index (κ2) is 14.9. The smallest absolute Gasteiger partial charge is 0.337 e. The molecule has 3 aromatic carbocycles. The van der Waals surface area contributed by atoms with Gasteiger partial charge in [-0.1, -0.05) is 29.8 Å². The summed E-state index contributed by atoms with van der Waals surface area (Å²) in [6.07, 6.45) is 0.446. The van der Waals surface area contributed by atoms with Crippen LogP contribution in [0, 0.1) is 0 Å². The number of nitrogens with zero attached hydrogens (tertiary/aromatic N) is 1. The number of amides is 2. The predicted octanol–water partition coefficient (Wildman–Crippen LogP) is 4.44. The van der Waals surface area contributed by atoms with Crippen molar-refractivity contribution in [2.24, 2.45) is 5.10 Å². The van der Waals surface area contributed by atoms with Crippen LogP contribution < -0.4 is 30.3 Å². The van der Waals surface area contributed by atoms with Crippen molar-refractivity contribution in [1.82, 2.24) is 16.1 Å². The number of hydrazone groups is 1. The third kappa shape index (κ3) is 8.63. The van der Waals surface area contributed by atoms with Crippen molar-refractivity contribution in [3.63, 3.8) is 0 Å². The molecule has 0 aromatic heterocycles. The van der Waals surface area contributed by atoms with Crippen molar-refractivity contribution >= 4 is 29.8 Å². The highest BCUT2D eigenvalue weighted by molar-refractivity contribution is 6.30. The molecule has 4 rings (SSSR count). The molecule has 226 valence electrons. The summed E-state index contributed by atoms with van der Waals surface area (Å²) in [5.41, 5.74) is 5.69. The normalized spacial score (nSPS) is 15.4. The Balaban J connectivity index is 1.32. The Labute approximate surface area is 254 Å². The van der Waals surface area contributed by atoms with Crippen LogP contribution in [0.25, 0.3) is 0 Å². The monoisotopic (exact) mass is 608 g/mol. The van der Waals surface area contributed by atoms with Crippen LogP contribution in [-0.2, 0) is 16.1 Å². The van der Waals surface area contributed by atoms with E-state index in [0.717, 1.165) is 11.1 Å². The Hall–Kier alpha value is -4.74. The lowest BCUT2D eigenvalue weighted by atomic mass is 9.95. The first-order chi connectivity index (χ1) is 20.8. The number of rotatable bonds is 13. The van der Waals surface area contributed by atoms with Gasteiger partial charge in [-0.2, -0.15) is 5.10 Å². The molecule has 1 aliphatic rings. The number of urea groups is 1. The number of halogens is 1. The van der Waals surface area contributed by atoms with E-state index in [1.807, 2.05) is 55.5 Å². The van der Waals surface area contributed by atoms with Gasteiger partial charge in [0.1, 0.15) is 19.0 Å². The van der Waals surface area contributed by atoms with Crippen LogP contribution in [0.1, 0.15) is 36.6 Å². The van der Waals surface area contributed by atoms with Crippen LogP contribution in [0.4, 0.5) is 4.79 Å². The van der Waals surface area contributed by atoms with Crippen LogP contribution in [0.15, 0.2) is 83.1 Å². The number of ether oxygens (including phenoxy) is 4. The largest absolute Gasteiger partial charge is 0.490 e. The highest BCUT2D eigenvalue weighted by Crippen LogP contribution is 2.35. The molecule has 2 atom stereocenters. The van der Waals surface area contributed by atoms with E-state index in [0.29, 0.717) is 46.7 Å². The minimum absolute atomic E-state index is 0.134. The number of nitrogens with one attached hydrogen (secondary N) is 3. The highest BCUT2D eigenvalue weighted by Gasteiger charge is 2.32. The van der Waals surface area contributed by atoms with Gasteiger partial charge in [0, 0.05) is 10.7 Å². The number of hydrogen-bond donors (Lipinski definition) is 4. The predicted molar refractivity (Wildman–Crippen MR) is 161 cm³/mol. The van der Waals surface area contributed by atoms with Crippen LogP contribution in [0.2, 0.25) is 5.02 Å². The molecule has 3 aromatic rings. The van der Waals surface area contributed by atoms with E-state index >= 15 is 0 Å². The summed E-state index contributed by atoms with van der Waals surface area (Å²) in [7, 11) is 1.28. The minimum Gasteiger partial charge on any atom is -0.490 e. The van der Waals surface area contributed by atoms with Crippen molar-refractivity contribution < 1.29 is 33.6 Å². The third-order valence-corrected chi connectivity index (χ3v) is 6.56. The lowest BCUT2D eigenvalue weighted by molar-refractivity contribution is -0.136. The zero-order valence-corrected chi connectivity index (χ0v) is 24.7. The fourth-order valence-electron chi connectivity index (χ4n) is 4.22. The average Bonchev–Trinajstić information content (AvgIpc) is 3.00. The highest BCUT2D eigenvalue weighted by atomic mass is 35.5. The van der Waals surface area contributed by atoms with Crippen LogP contribution >= 0.6 is 11.6 Å². The molecular weight excluding hydrogens is 576 g/mol. The van der Waals surface area contributed by atoms with Crippen LogP contribution in [-0.4, -0.2) is 49.9 Å². The second-order valence-corrected chi connectivity index (χ2v) is 9.84. The van der Waals surface area contributed by atoms with E-state index in [9.17, 15) is 14.7 Å². The molecule has 43 heavy (non-hydrogen) atoms. The van der Waals surface area contributed by atoms with Gasteiger partial charge in [0.15, 0.2) is 17.7 Å². The van der Waals surface area contributed by atoms with E-state index in [2.05, 4.69) is 21.2 Å². The number of allylic oxidation sites excluding steroid dienone is 1. The molecule has 11 nitrogen and oxygen atoms in total. The molecule has 1 aliphatic heterocycles. The maximum absolute atomic E-state index is 12.4. The summed E-state index contributed by atoms with van der Waals surface area (Å²) < 4.78 is 22.2. The van der Waals surface area contributed by atoms with Gasteiger partial charge in [0.25, 0.3) is 0 Å². The van der Waals surface area contributed by atoms with Crippen molar-refractivity contribution in [3.05, 3.63) is 99.7 Å². The third-order valence-electron chi connectivity index (χ3n) is 6.31. The number of carbonyl (C=O) groups excluding carboxylic acids is 2. The number of methoxy groups -OCH3 is 1. The molecule has 0 saturated heterocycles. The van der Waals surface area contributed by atoms with E-state index in [4.69, 9.17) is 30.5 Å². The summed E-state index contributed by atoms with van der Waals surface area (Å²) in [5.74, 6) is 0.884. The molecule has 1 heterocycles. The number of aliphatic hydroxyl groups excluding tert-OH is 1. The van der Waals surface area contributed by atoms with Crippen LogP contribution in [0.3, 0.4) is 0 Å². The van der Waals surface area contributed by atoms with E-state index in [-0.39, 0.29) is 12.2 Å². The van der Waals surface area contributed by atoms with Gasteiger partial charge >= 0.3 is 12.0 Å². The zero-order valence-electron chi connectivity index (χ0n) is 23.9. The molecule has 0 spiro atoms. The second-order valence-electron chi connectivity index (χ2n) is 9.40. The first kappa shape index (κ1) is 31.2. The molecule has 0 bridgehead atoms. The standard InChI is InChI=1S/C31H33ClN4O7/c1-4-41-26-15-22(29-28(30(38)40-3)19(2)34-31(39)35-29)9-14-25(26)43-18-27(37)36-33-16-20-7-12-24(13-8-20)42-17-21-5-10-23(32)11-6-21/h5-16,27,29,36-37H,4,17-18H2,1-3H3,(H2,34,35,39)/b33-16-/t27-,29+/m1/s1. The molecule has 2 amide bonds. The summed E-state index contributed by atoms with van der Waals surface area (Å²) in [6.45, 7) is 4.07. The number of esters is 1. The van der Waals surface area contributed by atoms with Crippen LogP contribution in [0.5, 0.6) is 17.2 Å². The first-order valence-electron chi connectivity index (χ1n) is 13.5. The topological polar surface area (TPSA) is 140 Å². The van der Waals surface area contributed by atoms with E-state index in [1.54, 1.807) is 31.3 Å². The van der Waals surface area contributed by atoms with Crippen molar-refractivity contribution in [2.45, 2.75) is 32.7 Å². The Morgan fingerprint density at radius 3 is 2.51 bits per heavy atom. The van der Waals surface area contributed by atoms with Gasteiger partial charge in [-0.25, -0.2) is 9.59 Å². The van der Waals surface area contributed by atoms with Crippen molar-refractivity contribution in [1.29, 1.82) is 0 Å². The fourth-order valence-corrected chi connectivity index (χ4v) is 4.34. The maximum atomic E-state index is 12.4. The fraction of sp³-hybridized carbons (Fsp3) is 0.258. The lowest BCUT2D eigenvalue weighted by Crippen LogP contribution is -2.45. The zero-order chi connectivity index (χ0) is 30.8.